The van der Waals surface area contributed by atoms with Gasteiger partial charge in [-0.25, -0.2) is 4.79 Å². The number of carbonyl (C=O) groups excluding carboxylic acids is 2. The van der Waals surface area contributed by atoms with E-state index in [1.165, 1.54) is 45.6 Å². The predicted molar refractivity (Wildman–Crippen MR) is 99.6 cm³/mol. The van der Waals surface area contributed by atoms with E-state index in [4.69, 9.17) is 4.74 Å². The SMILES string of the molecule is COC(=O)CCN(C(=O)NC1CCCCC1)C12CC3CC(CC(C3)C1)C2. The number of rotatable bonds is 5. The van der Waals surface area contributed by atoms with Gasteiger partial charge >= 0.3 is 12.0 Å². The van der Waals surface area contributed by atoms with Crippen molar-refractivity contribution in [2.45, 2.75) is 88.6 Å². The standard InChI is InChI=1S/C21H34N2O3/c1-26-19(24)7-8-23(20(25)22-18-5-3-2-4-6-18)21-12-15-9-16(13-21)11-17(10-15)14-21/h15-18H,2-14H2,1H3,(H,22,25). The van der Waals surface area contributed by atoms with E-state index < -0.39 is 0 Å². The third-order valence-corrected chi connectivity index (χ3v) is 7.52. The molecule has 0 aromatic rings. The Labute approximate surface area is 157 Å². The van der Waals surface area contributed by atoms with Crippen LogP contribution in [-0.4, -0.2) is 42.1 Å². The van der Waals surface area contributed by atoms with Crippen LogP contribution in [-0.2, 0) is 9.53 Å². The fraction of sp³-hybridized carbons (Fsp3) is 0.905. The Morgan fingerprint density at radius 3 is 2.12 bits per heavy atom. The highest BCUT2D eigenvalue weighted by Crippen LogP contribution is 2.57. The summed E-state index contributed by atoms with van der Waals surface area (Å²) in [6.07, 6.45) is 13.7. The number of carbonyl (C=O) groups is 2. The summed E-state index contributed by atoms with van der Waals surface area (Å²) in [4.78, 5) is 27.1. The lowest BCUT2D eigenvalue weighted by molar-refractivity contribution is -0.141. The van der Waals surface area contributed by atoms with Gasteiger partial charge in [0.15, 0.2) is 0 Å². The van der Waals surface area contributed by atoms with Crippen LogP contribution in [0.1, 0.15) is 77.0 Å². The first-order chi connectivity index (χ1) is 12.6. The van der Waals surface area contributed by atoms with Crippen molar-refractivity contribution in [3.8, 4) is 0 Å². The maximum atomic E-state index is 13.3. The highest BCUT2D eigenvalue weighted by Gasteiger charge is 2.54. The predicted octanol–water partition coefficient (Wildman–Crippen LogP) is 3.86. The van der Waals surface area contributed by atoms with Crippen LogP contribution in [0.3, 0.4) is 0 Å². The number of nitrogens with zero attached hydrogens (tertiary/aromatic N) is 1. The van der Waals surface area contributed by atoms with Gasteiger partial charge in [0.05, 0.1) is 13.5 Å². The van der Waals surface area contributed by atoms with E-state index in [1.807, 2.05) is 0 Å². The minimum atomic E-state index is -0.217. The molecule has 0 radical (unpaired) electrons. The lowest BCUT2D eigenvalue weighted by Gasteiger charge is -2.60. The zero-order valence-electron chi connectivity index (χ0n) is 16.2. The first-order valence-electron chi connectivity index (χ1n) is 10.7. The van der Waals surface area contributed by atoms with Crippen LogP contribution in [0.25, 0.3) is 0 Å². The minimum Gasteiger partial charge on any atom is -0.469 e. The number of nitrogens with one attached hydrogen (secondary N) is 1. The Balaban J connectivity index is 1.50. The summed E-state index contributed by atoms with van der Waals surface area (Å²) in [5, 5.41) is 3.32. The molecule has 5 saturated carbocycles. The molecule has 0 aromatic heterocycles. The Morgan fingerprint density at radius 2 is 1.58 bits per heavy atom. The summed E-state index contributed by atoms with van der Waals surface area (Å²) in [5.41, 5.74) is -0.0124. The fourth-order valence-corrected chi connectivity index (χ4v) is 6.75. The van der Waals surface area contributed by atoms with E-state index in [0.29, 0.717) is 19.0 Å². The second kappa shape index (κ2) is 7.40. The highest BCUT2D eigenvalue weighted by molar-refractivity contribution is 5.77. The summed E-state index contributed by atoms with van der Waals surface area (Å²) >= 11 is 0. The molecule has 5 fully saturated rings. The summed E-state index contributed by atoms with van der Waals surface area (Å²) in [7, 11) is 1.43. The average molecular weight is 363 g/mol. The van der Waals surface area contributed by atoms with Gasteiger partial charge in [-0.1, -0.05) is 19.3 Å². The van der Waals surface area contributed by atoms with Crippen molar-refractivity contribution in [3.05, 3.63) is 0 Å². The number of esters is 1. The van der Waals surface area contributed by atoms with E-state index in [0.717, 1.165) is 49.9 Å². The third-order valence-electron chi connectivity index (χ3n) is 7.52. The van der Waals surface area contributed by atoms with Crippen LogP contribution in [0.15, 0.2) is 0 Å². The number of ether oxygens (including phenoxy) is 1. The van der Waals surface area contributed by atoms with E-state index in [-0.39, 0.29) is 17.5 Å². The number of hydrogen-bond donors (Lipinski definition) is 1. The minimum absolute atomic E-state index is 0.0124. The molecule has 5 rings (SSSR count). The molecule has 2 amide bonds. The van der Waals surface area contributed by atoms with Gasteiger partial charge in [-0.05, 0) is 69.1 Å². The fourth-order valence-electron chi connectivity index (χ4n) is 6.75. The molecular formula is C21H34N2O3. The van der Waals surface area contributed by atoms with Crippen LogP contribution < -0.4 is 5.32 Å². The molecule has 26 heavy (non-hydrogen) atoms. The van der Waals surface area contributed by atoms with Crippen molar-refractivity contribution in [1.82, 2.24) is 10.2 Å². The molecule has 0 aliphatic heterocycles. The third kappa shape index (κ3) is 3.59. The van der Waals surface area contributed by atoms with Crippen molar-refractivity contribution >= 4 is 12.0 Å². The van der Waals surface area contributed by atoms with Crippen molar-refractivity contribution in [2.24, 2.45) is 17.8 Å². The normalized spacial score (nSPS) is 36.0. The molecule has 1 N–H and O–H groups in total. The van der Waals surface area contributed by atoms with Gasteiger partial charge in [0.2, 0.25) is 0 Å². The van der Waals surface area contributed by atoms with E-state index >= 15 is 0 Å². The van der Waals surface area contributed by atoms with E-state index in [9.17, 15) is 9.59 Å². The molecule has 4 bridgehead atoms. The Hall–Kier alpha value is -1.26. The van der Waals surface area contributed by atoms with Crippen molar-refractivity contribution in [3.63, 3.8) is 0 Å². The summed E-state index contributed by atoms with van der Waals surface area (Å²) < 4.78 is 4.85. The molecule has 5 aliphatic rings. The zero-order valence-corrected chi connectivity index (χ0v) is 16.2. The second-order valence-electron chi connectivity index (χ2n) is 9.40. The summed E-state index contributed by atoms with van der Waals surface area (Å²) in [6, 6.07) is 0.383. The first kappa shape index (κ1) is 18.1. The molecule has 0 aromatic carbocycles. The maximum absolute atomic E-state index is 13.3. The van der Waals surface area contributed by atoms with Gasteiger partial charge in [0, 0.05) is 18.1 Å². The molecule has 0 saturated heterocycles. The Morgan fingerprint density at radius 1 is 1.00 bits per heavy atom. The lowest BCUT2D eigenvalue weighted by atomic mass is 9.52. The maximum Gasteiger partial charge on any atom is 0.318 e. The quantitative estimate of drug-likeness (QED) is 0.756. The van der Waals surface area contributed by atoms with Crippen LogP contribution >= 0.6 is 0 Å². The van der Waals surface area contributed by atoms with Crippen LogP contribution in [0.4, 0.5) is 4.79 Å². The topological polar surface area (TPSA) is 58.6 Å². The van der Waals surface area contributed by atoms with Gasteiger partial charge < -0.3 is 15.0 Å². The number of urea groups is 1. The Bertz CT molecular complexity index is 506. The van der Waals surface area contributed by atoms with Gasteiger partial charge in [0.25, 0.3) is 0 Å². The molecule has 5 aliphatic carbocycles. The average Bonchev–Trinajstić information content (AvgIpc) is 2.61. The second-order valence-corrected chi connectivity index (χ2v) is 9.40. The molecule has 0 atom stereocenters. The van der Waals surface area contributed by atoms with Gasteiger partial charge in [-0.15, -0.1) is 0 Å². The zero-order chi connectivity index (χ0) is 18.1. The van der Waals surface area contributed by atoms with Crippen molar-refractivity contribution in [2.75, 3.05) is 13.7 Å². The monoisotopic (exact) mass is 362 g/mol. The molecule has 0 heterocycles. The lowest BCUT2D eigenvalue weighted by Crippen LogP contribution is -2.64. The van der Waals surface area contributed by atoms with E-state index in [2.05, 4.69) is 10.2 Å². The largest absolute Gasteiger partial charge is 0.469 e. The highest BCUT2D eigenvalue weighted by atomic mass is 16.5. The first-order valence-corrected chi connectivity index (χ1v) is 10.7. The van der Waals surface area contributed by atoms with E-state index in [1.54, 1.807) is 0 Å². The number of methoxy groups -OCH3 is 1. The van der Waals surface area contributed by atoms with Crippen molar-refractivity contribution < 1.29 is 14.3 Å². The smallest absolute Gasteiger partial charge is 0.318 e. The Kier molecular flexibility index (Phi) is 5.15. The van der Waals surface area contributed by atoms with Gasteiger partial charge in [-0.3, -0.25) is 4.79 Å². The molecule has 5 nitrogen and oxygen atoms in total. The summed E-state index contributed by atoms with van der Waals surface area (Å²) in [6.45, 7) is 0.497. The van der Waals surface area contributed by atoms with Crippen LogP contribution in [0.2, 0.25) is 0 Å². The van der Waals surface area contributed by atoms with Crippen LogP contribution in [0.5, 0.6) is 0 Å². The number of amides is 2. The van der Waals surface area contributed by atoms with Crippen LogP contribution in [0, 0.1) is 17.8 Å². The molecule has 146 valence electrons. The molecular weight excluding hydrogens is 328 g/mol. The molecule has 0 spiro atoms. The molecule has 5 heteroatoms. The summed E-state index contributed by atoms with van der Waals surface area (Å²) in [5.74, 6) is 2.13. The van der Waals surface area contributed by atoms with Gasteiger partial charge in [-0.2, -0.15) is 0 Å². The molecule has 0 unspecified atom stereocenters. The number of hydrogen-bond acceptors (Lipinski definition) is 3. The van der Waals surface area contributed by atoms with Crippen molar-refractivity contribution in [1.29, 1.82) is 0 Å². The van der Waals surface area contributed by atoms with Gasteiger partial charge in [0.1, 0.15) is 0 Å².